The maximum absolute atomic E-state index is 5.27. The molecule has 2 heteroatoms. The van der Waals surface area contributed by atoms with Crippen LogP contribution in [0.15, 0.2) is 18.2 Å². The molecule has 2 aliphatic rings. The second-order valence-corrected chi connectivity index (χ2v) is 3.88. The molecule has 1 fully saturated rings. The van der Waals surface area contributed by atoms with Gasteiger partial charge in [-0.15, -0.1) is 0 Å². The summed E-state index contributed by atoms with van der Waals surface area (Å²) in [6, 6.07) is 6.72. The minimum Gasteiger partial charge on any atom is -0.374 e. The number of anilines is 1. The number of benzene rings is 1. The summed E-state index contributed by atoms with van der Waals surface area (Å²) in [5.41, 5.74) is 4.23. The van der Waals surface area contributed by atoms with Crippen molar-refractivity contribution in [3.8, 4) is 0 Å². The van der Waals surface area contributed by atoms with Crippen LogP contribution < -0.4 is 4.90 Å². The van der Waals surface area contributed by atoms with Crippen LogP contribution in [0.4, 0.5) is 5.69 Å². The highest BCUT2D eigenvalue weighted by atomic mass is 16.6. The highest BCUT2D eigenvalue weighted by Crippen LogP contribution is 2.34. The van der Waals surface area contributed by atoms with Crippen molar-refractivity contribution in [2.45, 2.75) is 12.5 Å². The number of fused-ring (bicyclic) bond motifs is 1. The zero-order valence-electron chi connectivity index (χ0n) is 7.79. The van der Waals surface area contributed by atoms with Gasteiger partial charge in [-0.2, -0.15) is 0 Å². The first kappa shape index (κ1) is 7.39. The fourth-order valence-electron chi connectivity index (χ4n) is 2.03. The predicted octanol–water partition coefficient (Wildman–Crippen LogP) is 1.75. The van der Waals surface area contributed by atoms with Crippen LogP contribution in [-0.2, 0) is 11.2 Å². The van der Waals surface area contributed by atoms with E-state index in [0.29, 0.717) is 6.10 Å². The van der Waals surface area contributed by atoms with Crippen LogP contribution in [-0.4, -0.2) is 20.2 Å². The van der Waals surface area contributed by atoms with Gasteiger partial charge in [0.2, 0.25) is 0 Å². The number of nitrogens with zero attached hydrogens (tertiary/aromatic N) is 1. The Balaban J connectivity index is 2.02. The molecule has 0 saturated carbocycles. The van der Waals surface area contributed by atoms with Crippen LogP contribution in [0.2, 0.25) is 0 Å². The summed E-state index contributed by atoms with van der Waals surface area (Å²) >= 11 is 0. The number of ether oxygens (including phenoxy) is 1. The smallest absolute Gasteiger partial charge is 0.106 e. The summed E-state index contributed by atoms with van der Waals surface area (Å²) in [6.45, 7) is 2.07. The van der Waals surface area contributed by atoms with Gasteiger partial charge in [-0.05, 0) is 23.6 Å². The molecule has 0 radical (unpaired) electrons. The lowest BCUT2D eigenvalue weighted by molar-refractivity contribution is 0.415. The van der Waals surface area contributed by atoms with Crippen molar-refractivity contribution in [3.05, 3.63) is 29.3 Å². The monoisotopic (exact) mass is 175 g/mol. The second kappa shape index (κ2) is 2.48. The van der Waals surface area contributed by atoms with E-state index in [1.54, 1.807) is 0 Å². The minimum atomic E-state index is 0.399. The molecule has 1 saturated heterocycles. The lowest BCUT2D eigenvalue weighted by Gasteiger charge is -2.11. The SMILES string of the molecule is CN1CCc2cc([C@H]3CO3)ccc21. The molecule has 2 heterocycles. The van der Waals surface area contributed by atoms with Gasteiger partial charge in [-0.25, -0.2) is 0 Å². The molecule has 0 aliphatic carbocycles. The topological polar surface area (TPSA) is 15.8 Å². The number of rotatable bonds is 1. The fourth-order valence-corrected chi connectivity index (χ4v) is 2.03. The van der Waals surface area contributed by atoms with Crippen LogP contribution in [0.25, 0.3) is 0 Å². The molecule has 1 atom stereocenters. The molecule has 0 amide bonds. The average molecular weight is 175 g/mol. The molecule has 2 aliphatic heterocycles. The van der Waals surface area contributed by atoms with E-state index in [1.807, 2.05) is 0 Å². The number of hydrogen-bond donors (Lipinski definition) is 0. The van der Waals surface area contributed by atoms with Gasteiger partial charge in [0.1, 0.15) is 6.10 Å². The van der Waals surface area contributed by atoms with Crippen LogP contribution in [0, 0.1) is 0 Å². The Bertz CT molecular complexity index is 344. The lowest BCUT2D eigenvalue weighted by Crippen LogP contribution is -2.12. The fraction of sp³-hybridized carbons (Fsp3) is 0.455. The maximum Gasteiger partial charge on any atom is 0.106 e. The van der Waals surface area contributed by atoms with Gasteiger partial charge < -0.3 is 9.64 Å². The molecule has 0 N–H and O–H groups in total. The quantitative estimate of drug-likeness (QED) is 0.604. The highest BCUT2D eigenvalue weighted by molar-refractivity contribution is 5.58. The Morgan fingerprint density at radius 1 is 1.46 bits per heavy atom. The average Bonchev–Trinajstić information content (AvgIpc) is 2.93. The third-order valence-corrected chi connectivity index (χ3v) is 2.94. The van der Waals surface area contributed by atoms with E-state index in [1.165, 1.54) is 23.2 Å². The van der Waals surface area contributed by atoms with Crippen LogP contribution >= 0.6 is 0 Å². The first-order chi connectivity index (χ1) is 6.34. The Morgan fingerprint density at radius 3 is 3.08 bits per heavy atom. The van der Waals surface area contributed by atoms with Crippen LogP contribution in [0.3, 0.4) is 0 Å². The summed E-state index contributed by atoms with van der Waals surface area (Å²) < 4.78 is 5.27. The molecule has 1 aromatic carbocycles. The summed E-state index contributed by atoms with van der Waals surface area (Å²) in [4.78, 5) is 2.31. The molecule has 3 rings (SSSR count). The van der Waals surface area contributed by atoms with Crippen LogP contribution in [0.1, 0.15) is 17.2 Å². The summed E-state index contributed by atoms with van der Waals surface area (Å²) in [5.74, 6) is 0. The predicted molar refractivity (Wildman–Crippen MR) is 52.1 cm³/mol. The standard InChI is InChI=1S/C11H13NO/c1-12-5-4-8-6-9(11-7-13-11)2-3-10(8)12/h2-3,6,11H,4-5,7H2,1H3/t11-/m1/s1. The Labute approximate surface area is 78.1 Å². The highest BCUT2D eigenvalue weighted by Gasteiger charge is 2.26. The largest absolute Gasteiger partial charge is 0.374 e. The number of epoxide rings is 1. The van der Waals surface area contributed by atoms with Crippen molar-refractivity contribution in [1.82, 2.24) is 0 Å². The van der Waals surface area contributed by atoms with Gasteiger partial charge in [-0.1, -0.05) is 12.1 Å². The maximum atomic E-state index is 5.27. The Kier molecular flexibility index (Phi) is 1.41. The summed E-state index contributed by atoms with van der Waals surface area (Å²) in [7, 11) is 2.15. The molecule has 0 unspecified atom stereocenters. The van der Waals surface area contributed by atoms with E-state index in [0.717, 1.165) is 13.2 Å². The van der Waals surface area contributed by atoms with Crippen molar-refractivity contribution in [2.24, 2.45) is 0 Å². The van der Waals surface area contributed by atoms with E-state index in [4.69, 9.17) is 4.74 Å². The molecule has 1 aromatic rings. The van der Waals surface area contributed by atoms with Gasteiger partial charge >= 0.3 is 0 Å². The van der Waals surface area contributed by atoms with Crippen molar-refractivity contribution in [2.75, 3.05) is 25.1 Å². The molecular formula is C11H13NO. The Hall–Kier alpha value is -1.02. The lowest BCUT2D eigenvalue weighted by atomic mass is 10.1. The first-order valence-corrected chi connectivity index (χ1v) is 4.80. The van der Waals surface area contributed by atoms with E-state index >= 15 is 0 Å². The van der Waals surface area contributed by atoms with Crippen molar-refractivity contribution in [3.63, 3.8) is 0 Å². The van der Waals surface area contributed by atoms with Gasteiger partial charge in [0.15, 0.2) is 0 Å². The molecule has 13 heavy (non-hydrogen) atoms. The first-order valence-electron chi connectivity index (χ1n) is 4.80. The Morgan fingerprint density at radius 2 is 2.31 bits per heavy atom. The molecule has 0 bridgehead atoms. The van der Waals surface area contributed by atoms with Crippen molar-refractivity contribution < 1.29 is 4.74 Å². The van der Waals surface area contributed by atoms with Gasteiger partial charge in [0.25, 0.3) is 0 Å². The van der Waals surface area contributed by atoms with Crippen LogP contribution in [0.5, 0.6) is 0 Å². The molecule has 0 aromatic heterocycles. The van der Waals surface area contributed by atoms with Crippen molar-refractivity contribution in [1.29, 1.82) is 0 Å². The molecule has 0 spiro atoms. The third-order valence-electron chi connectivity index (χ3n) is 2.94. The van der Waals surface area contributed by atoms with E-state index in [9.17, 15) is 0 Å². The summed E-state index contributed by atoms with van der Waals surface area (Å²) in [6.07, 6.45) is 1.59. The number of likely N-dealkylation sites (N-methyl/N-ethyl adjacent to an activating group) is 1. The van der Waals surface area contributed by atoms with Crippen molar-refractivity contribution >= 4 is 5.69 Å². The second-order valence-electron chi connectivity index (χ2n) is 3.88. The van der Waals surface area contributed by atoms with Gasteiger partial charge in [0.05, 0.1) is 6.61 Å². The molecule has 2 nitrogen and oxygen atoms in total. The molecule has 68 valence electrons. The van der Waals surface area contributed by atoms with Gasteiger partial charge in [0, 0.05) is 19.3 Å². The normalized spacial score (nSPS) is 24.7. The summed E-state index contributed by atoms with van der Waals surface area (Å²) in [5, 5.41) is 0. The van der Waals surface area contributed by atoms with Gasteiger partial charge in [-0.3, -0.25) is 0 Å². The molecular weight excluding hydrogens is 162 g/mol. The zero-order chi connectivity index (χ0) is 8.84. The van der Waals surface area contributed by atoms with E-state index in [2.05, 4.69) is 30.1 Å². The third kappa shape index (κ3) is 1.13. The van der Waals surface area contributed by atoms with E-state index in [-0.39, 0.29) is 0 Å². The number of hydrogen-bond acceptors (Lipinski definition) is 2. The minimum absolute atomic E-state index is 0.399. The van der Waals surface area contributed by atoms with E-state index < -0.39 is 0 Å². The zero-order valence-corrected chi connectivity index (χ0v) is 7.79.